The molecule has 0 saturated carbocycles. The van der Waals surface area contributed by atoms with Gasteiger partial charge in [0.05, 0.1) is 0 Å². The van der Waals surface area contributed by atoms with E-state index in [2.05, 4.69) is 81.6 Å². The van der Waals surface area contributed by atoms with E-state index in [0.29, 0.717) is 6.61 Å². The number of rotatable bonds is 6. The molecule has 32 heavy (non-hydrogen) atoms. The summed E-state index contributed by atoms with van der Waals surface area (Å²) >= 11 is 1.35. The topological polar surface area (TPSA) is 121 Å². The van der Waals surface area contributed by atoms with Crippen molar-refractivity contribution in [3.8, 4) is 0 Å². The molecule has 1 saturated heterocycles. The molecule has 0 atom stereocenters. The van der Waals surface area contributed by atoms with Gasteiger partial charge in [-0.3, -0.25) is 0 Å². The Bertz CT molecular complexity index is 721. The van der Waals surface area contributed by atoms with Gasteiger partial charge in [-0.15, -0.1) is 0 Å². The first kappa shape index (κ1) is 37.0. The second-order valence-electron chi connectivity index (χ2n) is 4.98. The summed E-state index contributed by atoms with van der Waals surface area (Å²) in [5, 5.41) is 0. The van der Waals surface area contributed by atoms with Crippen LogP contribution in [0.2, 0.25) is 0 Å². The van der Waals surface area contributed by atoms with Crippen molar-refractivity contribution in [2.24, 2.45) is 0 Å². The molecule has 0 amide bonds. The van der Waals surface area contributed by atoms with Gasteiger partial charge in [-0.2, -0.15) is 0 Å². The summed E-state index contributed by atoms with van der Waals surface area (Å²) in [5.74, 6) is 0. The Morgan fingerprint density at radius 2 is 1.44 bits per heavy atom. The van der Waals surface area contributed by atoms with Crippen LogP contribution in [-0.2, 0) is 52.1 Å². The second-order valence-corrected chi connectivity index (χ2v) is 6.31. The van der Waals surface area contributed by atoms with Crippen LogP contribution in [0, 0.1) is 33.3 Å². The van der Waals surface area contributed by atoms with E-state index in [1.807, 2.05) is 13.0 Å². The van der Waals surface area contributed by atoms with Crippen LogP contribution in [0.1, 0.15) is 19.4 Å². The molecule has 8 nitrogen and oxygen atoms in total. The van der Waals surface area contributed by atoms with Crippen LogP contribution in [0.4, 0.5) is 0 Å². The average Bonchev–Trinajstić information content (AvgIpc) is 2.91. The van der Waals surface area contributed by atoms with Crippen molar-refractivity contribution in [2.45, 2.75) is 13.8 Å². The van der Waals surface area contributed by atoms with Crippen molar-refractivity contribution < 1.29 is 52.1 Å². The van der Waals surface area contributed by atoms with Crippen molar-refractivity contribution in [2.75, 3.05) is 32.9 Å². The standard InChI is InChI=1S/C18H23NO2.5CO.W/c1-3-18(16-8-6-5-7-9-16)17(15-20-4-2)14-19-10-12-21-13-11-19;5*1-2;/h3,5-9,14H,4,10-13H2,1-2H3;;;;;;/b17-14-,18-3+;;;;;;. The van der Waals surface area contributed by atoms with E-state index in [1.54, 1.807) is 0 Å². The normalized spacial score (nSPS) is 11.8. The molecular weight excluding hydrogens is 586 g/mol. The van der Waals surface area contributed by atoms with Crippen LogP contribution in [0.5, 0.6) is 0 Å². The summed E-state index contributed by atoms with van der Waals surface area (Å²) < 4.78 is 49.8. The first-order valence-corrected chi connectivity index (χ1v) is 10.2. The number of nitrogens with zero attached hydrogens (tertiary/aromatic N) is 1. The molecule has 0 N–H and O–H groups in total. The maximum absolute atomic E-state index is 7.50. The van der Waals surface area contributed by atoms with Gasteiger partial charge in [-0.1, -0.05) is 0 Å². The van der Waals surface area contributed by atoms with Gasteiger partial charge >= 0.3 is 200 Å². The molecule has 1 aliphatic heterocycles. The van der Waals surface area contributed by atoms with E-state index in [-0.39, 0.29) is 0 Å². The molecule has 1 fully saturated rings. The zero-order valence-electron chi connectivity index (χ0n) is 17.8. The molecule has 0 bridgehead atoms. The van der Waals surface area contributed by atoms with Crippen LogP contribution < -0.4 is 0 Å². The predicted molar refractivity (Wildman–Crippen MR) is 107 cm³/mol. The Labute approximate surface area is 200 Å². The van der Waals surface area contributed by atoms with E-state index < -0.39 is 0 Å². The average molecular weight is 609 g/mol. The number of benzene rings is 1. The van der Waals surface area contributed by atoms with Gasteiger partial charge in [0, 0.05) is 0 Å². The van der Waals surface area contributed by atoms with Crippen LogP contribution >= 0.6 is 0 Å². The maximum atomic E-state index is 7.50. The van der Waals surface area contributed by atoms with Crippen molar-refractivity contribution in [1.82, 2.24) is 4.90 Å². The quantitative estimate of drug-likeness (QED) is 0.280. The van der Waals surface area contributed by atoms with Gasteiger partial charge < -0.3 is 0 Å². The summed E-state index contributed by atoms with van der Waals surface area (Å²) in [7, 11) is 0. The summed E-state index contributed by atoms with van der Waals surface area (Å²) in [5.41, 5.74) is 3.64. The first-order chi connectivity index (χ1) is 15.8. The third-order valence-corrected chi connectivity index (χ3v) is 4.73. The molecule has 0 aliphatic carbocycles. The molecule has 0 aromatic heterocycles. The molecule has 0 unspecified atom stereocenters. The van der Waals surface area contributed by atoms with Gasteiger partial charge in [-0.05, 0) is 0 Å². The van der Waals surface area contributed by atoms with Gasteiger partial charge in [-0.25, -0.2) is 0 Å². The third-order valence-electron chi connectivity index (χ3n) is 3.52. The van der Waals surface area contributed by atoms with Crippen molar-refractivity contribution >= 4 is 9.66 Å². The van der Waals surface area contributed by atoms with E-state index in [0.717, 1.165) is 30.4 Å². The first-order valence-electron chi connectivity index (χ1n) is 8.71. The fourth-order valence-corrected chi connectivity index (χ4v) is 3.43. The molecule has 9 heteroatoms. The van der Waals surface area contributed by atoms with Gasteiger partial charge in [0.25, 0.3) is 0 Å². The van der Waals surface area contributed by atoms with E-state index in [9.17, 15) is 0 Å². The van der Waals surface area contributed by atoms with E-state index >= 15 is 0 Å². The Hall–Kier alpha value is -2.32. The van der Waals surface area contributed by atoms with Crippen molar-refractivity contribution in [3.63, 3.8) is 0 Å². The number of hydrogen-bond acceptors (Lipinski definition) is 3. The SMILES string of the molecule is C/C=C(/C(=C\N1CCOCC1)[C](=[W])OCC)c1ccccc1.[C-]#[O+].[C-]#[O+].[C-]#[O+].[C-]#[O+].[C-]#[O+]. The van der Waals surface area contributed by atoms with Crippen molar-refractivity contribution in [3.05, 3.63) is 87.0 Å². The summed E-state index contributed by atoms with van der Waals surface area (Å²) in [6.45, 7) is 30.8. The summed E-state index contributed by atoms with van der Waals surface area (Å²) in [6, 6.07) is 10.5. The molecule has 0 radical (unpaired) electrons. The van der Waals surface area contributed by atoms with Crippen molar-refractivity contribution in [1.29, 1.82) is 0 Å². The Balaban J connectivity index is -0.000000345. The minimum absolute atomic E-state index is 0.699. The number of morpholine rings is 1. The van der Waals surface area contributed by atoms with Crippen LogP contribution in [0.3, 0.4) is 0 Å². The number of allylic oxidation sites excluding steroid dienone is 1. The molecule has 1 heterocycles. The van der Waals surface area contributed by atoms with Gasteiger partial charge in [0.1, 0.15) is 0 Å². The molecule has 1 aliphatic rings. The molecule has 0 spiro atoms. The summed E-state index contributed by atoms with van der Waals surface area (Å²) in [6.07, 6.45) is 4.41. The molecule has 1 aromatic carbocycles. The van der Waals surface area contributed by atoms with Crippen LogP contribution in [0.25, 0.3) is 5.57 Å². The second kappa shape index (κ2) is 30.9. The molecule has 2 rings (SSSR count). The van der Waals surface area contributed by atoms with Crippen LogP contribution in [-0.4, -0.2) is 41.9 Å². The third kappa shape index (κ3) is 16.4. The molecular formula is C23H23NO7W. The summed E-state index contributed by atoms with van der Waals surface area (Å²) in [4.78, 5) is 2.33. The van der Waals surface area contributed by atoms with Crippen LogP contribution in [0.15, 0.2) is 48.2 Å². The monoisotopic (exact) mass is 609 g/mol. The van der Waals surface area contributed by atoms with E-state index in [1.165, 1.54) is 36.1 Å². The zero-order valence-corrected chi connectivity index (χ0v) is 20.7. The molecule has 168 valence electrons. The zero-order chi connectivity index (χ0) is 25.8. The Morgan fingerprint density at radius 1 is 0.969 bits per heavy atom. The number of hydrogen-bond donors (Lipinski definition) is 0. The van der Waals surface area contributed by atoms with Gasteiger partial charge in [0.15, 0.2) is 0 Å². The van der Waals surface area contributed by atoms with E-state index in [4.69, 9.17) is 32.7 Å². The fraction of sp³-hybridized carbons (Fsp3) is 0.304. The minimum atomic E-state index is 0.699. The number of ether oxygens (including phenoxy) is 2. The Kier molecular flexibility index (Phi) is 35.7. The van der Waals surface area contributed by atoms with Gasteiger partial charge in [0.2, 0.25) is 0 Å². The molecule has 1 aromatic rings. The fourth-order valence-electron chi connectivity index (χ4n) is 2.43. The predicted octanol–water partition coefficient (Wildman–Crippen LogP) is 2.83. The Morgan fingerprint density at radius 3 is 1.84 bits per heavy atom.